The summed E-state index contributed by atoms with van der Waals surface area (Å²) >= 11 is 0. The lowest BCUT2D eigenvalue weighted by molar-refractivity contribution is -0.125. The third-order valence-corrected chi connectivity index (χ3v) is 9.36. The fourth-order valence-electron chi connectivity index (χ4n) is 4.62. The minimum atomic E-state index is -3.63. The molecular weight excluding hydrogens is 538 g/mol. The van der Waals surface area contributed by atoms with E-state index in [1.165, 1.54) is 0 Å². The third-order valence-electron chi connectivity index (χ3n) is 7.05. The van der Waals surface area contributed by atoms with Gasteiger partial charge in [-0.15, -0.1) is 0 Å². The van der Waals surface area contributed by atoms with Gasteiger partial charge >= 0.3 is 6.03 Å². The smallest absolute Gasteiger partial charge is 0.315 e. The molecule has 4 N–H and O–H groups in total. The van der Waals surface area contributed by atoms with Crippen LogP contribution in [0.5, 0.6) is 0 Å². The summed E-state index contributed by atoms with van der Waals surface area (Å²) in [4.78, 5) is 26.2. The van der Waals surface area contributed by atoms with Gasteiger partial charge < -0.3 is 21.1 Å². The molecule has 9 heteroatoms. The quantitative estimate of drug-likeness (QED) is 0.253. The Morgan fingerprint density at radius 1 is 0.829 bits per heavy atom. The lowest BCUT2D eigenvalue weighted by Gasteiger charge is -2.33. The van der Waals surface area contributed by atoms with Gasteiger partial charge in [0, 0.05) is 11.5 Å². The molecule has 5 atom stereocenters. The first-order valence-electron chi connectivity index (χ1n) is 14.5. The number of carbonyl (C=O) groups excluding carboxylic acids is 2. The van der Waals surface area contributed by atoms with Crippen molar-refractivity contribution in [3.05, 3.63) is 71.8 Å². The van der Waals surface area contributed by atoms with E-state index in [9.17, 15) is 23.1 Å². The number of aliphatic hydroxyl groups excluding tert-OH is 1. The molecule has 0 aliphatic carbocycles. The first-order chi connectivity index (χ1) is 19.1. The summed E-state index contributed by atoms with van der Waals surface area (Å²) in [5, 5.41) is 19.6. The van der Waals surface area contributed by atoms with Crippen LogP contribution in [-0.2, 0) is 21.1 Å². The predicted molar refractivity (Wildman–Crippen MR) is 165 cm³/mol. The largest absolute Gasteiger partial charge is 0.389 e. The molecule has 0 bridgehead atoms. The summed E-state index contributed by atoms with van der Waals surface area (Å²) < 4.78 is 26.3. The third kappa shape index (κ3) is 11.8. The molecule has 0 aromatic heterocycles. The van der Waals surface area contributed by atoms with E-state index in [-0.39, 0.29) is 5.75 Å². The zero-order valence-electron chi connectivity index (χ0n) is 25.6. The number of amides is 3. The van der Waals surface area contributed by atoms with Crippen molar-refractivity contribution in [2.24, 2.45) is 11.8 Å². The van der Waals surface area contributed by atoms with Crippen LogP contribution in [0, 0.1) is 11.8 Å². The Kier molecular flexibility index (Phi) is 12.8. The first kappa shape index (κ1) is 34.3. The summed E-state index contributed by atoms with van der Waals surface area (Å²) in [5.41, 5.74) is 1.11. The second-order valence-corrected chi connectivity index (χ2v) is 14.9. The topological polar surface area (TPSA) is 125 Å². The Balaban J connectivity index is 2.26. The molecule has 41 heavy (non-hydrogen) atoms. The van der Waals surface area contributed by atoms with Crippen LogP contribution in [0.2, 0.25) is 0 Å². The van der Waals surface area contributed by atoms with Crippen molar-refractivity contribution in [3.8, 4) is 0 Å². The maximum absolute atomic E-state index is 13.4. The first-order valence-corrected chi connectivity index (χ1v) is 16.2. The Hall–Kier alpha value is -2.91. The standard InChI is InChI=1S/C32H49N3O5S/c1-22(2)18-19-27(34-31(38)35-32(5,6)7)29(36)28(20-25-14-10-8-11-15-25)33-30(37)23(3)21-41(39,40)24(4)26-16-12-9-13-17-26/h8-17,22-24,27-29,36H,18-21H2,1-7H3,(H,33,37)(H2,34,35,38)/t23-,24?,27?,28-,29-/m0/s1. The molecule has 2 aromatic carbocycles. The van der Waals surface area contributed by atoms with Crippen molar-refractivity contribution < 1.29 is 23.1 Å². The predicted octanol–water partition coefficient (Wildman–Crippen LogP) is 4.79. The van der Waals surface area contributed by atoms with Crippen LogP contribution >= 0.6 is 0 Å². The van der Waals surface area contributed by atoms with Gasteiger partial charge in [0.25, 0.3) is 0 Å². The number of urea groups is 1. The summed E-state index contributed by atoms with van der Waals surface area (Å²) in [6, 6.07) is 16.6. The normalized spacial score (nSPS) is 15.8. The van der Waals surface area contributed by atoms with Gasteiger partial charge in [0.15, 0.2) is 9.84 Å². The highest BCUT2D eigenvalue weighted by atomic mass is 32.2. The average molecular weight is 588 g/mol. The second-order valence-electron chi connectivity index (χ2n) is 12.5. The van der Waals surface area contributed by atoms with Crippen LogP contribution in [-0.4, -0.2) is 54.9 Å². The van der Waals surface area contributed by atoms with Gasteiger partial charge in [-0.2, -0.15) is 0 Å². The van der Waals surface area contributed by atoms with Gasteiger partial charge in [0.2, 0.25) is 5.91 Å². The number of hydrogen-bond donors (Lipinski definition) is 4. The fourth-order valence-corrected chi connectivity index (χ4v) is 6.33. The summed E-state index contributed by atoms with van der Waals surface area (Å²) in [6.45, 7) is 13.0. The minimum absolute atomic E-state index is 0.314. The molecular formula is C32H49N3O5S. The van der Waals surface area contributed by atoms with Crippen LogP contribution in [0.3, 0.4) is 0 Å². The maximum Gasteiger partial charge on any atom is 0.315 e. The van der Waals surface area contributed by atoms with Crippen molar-refractivity contribution in [2.45, 2.75) is 96.7 Å². The van der Waals surface area contributed by atoms with E-state index in [0.29, 0.717) is 24.3 Å². The summed E-state index contributed by atoms with van der Waals surface area (Å²) in [5.74, 6) is -1.29. The van der Waals surface area contributed by atoms with E-state index in [1.807, 2.05) is 57.2 Å². The van der Waals surface area contributed by atoms with E-state index < -0.39 is 56.7 Å². The highest BCUT2D eigenvalue weighted by molar-refractivity contribution is 7.91. The average Bonchev–Trinajstić information content (AvgIpc) is 2.89. The number of sulfone groups is 1. The van der Waals surface area contributed by atoms with Crippen LogP contribution in [0.4, 0.5) is 4.79 Å². The van der Waals surface area contributed by atoms with Crippen LogP contribution in [0.15, 0.2) is 60.7 Å². The zero-order chi connectivity index (χ0) is 30.8. The van der Waals surface area contributed by atoms with Gasteiger partial charge in [0.1, 0.15) is 0 Å². The molecule has 0 aliphatic rings. The lowest BCUT2D eigenvalue weighted by atomic mass is 9.91. The number of nitrogens with one attached hydrogen (secondary N) is 3. The molecule has 0 aliphatic heterocycles. The lowest BCUT2D eigenvalue weighted by Crippen LogP contribution is -2.58. The number of carbonyl (C=O) groups is 2. The van der Waals surface area contributed by atoms with E-state index in [2.05, 4.69) is 29.8 Å². The number of aliphatic hydroxyl groups is 1. The molecule has 8 nitrogen and oxygen atoms in total. The van der Waals surface area contributed by atoms with E-state index in [1.54, 1.807) is 38.1 Å². The second kappa shape index (κ2) is 15.4. The SMILES string of the molecule is CC(C)CCC(NC(=O)NC(C)(C)C)[C@H](O)[C@H](Cc1ccccc1)NC(=O)[C@@H](C)CS(=O)(=O)C(C)c1ccccc1. The Morgan fingerprint density at radius 3 is 1.93 bits per heavy atom. The van der Waals surface area contributed by atoms with Gasteiger partial charge in [0.05, 0.1) is 29.2 Å². The van der Waals surface area contributed by atoms with Crippen LogP contribution in [0.1, 0.15) is 77.7 Å². The van der Waals surface area contributed by atoms with Gasteiger partial charge in [-0.1, -0.05) is 81.4 Å². The Morgan fingerprint density at radius 2 is 1.39 bits per heavy atom. The number of rotatable bonds is 14. The highest BCUT2D eigenvalue weighted by Gasteiger charge is 2.34. The van der Waals surface area contributed by atoms with Crippen molar-refractivity contribution >= 4 is 21.8 Å². The molecule has 0 saturated heterocycles. The minimum Gasteiger partial charge on any atom is -0.389 e. The fraction of sp³-hybridized carbons (Fsp3) is 0.562. The molecule has 2 rings (SSSR count). The molecule has 0 fully saturated rings. The van der Waals surface area contributed by atoms with E-state index in [4.69, 9.17) is 0 Å². The van der Waals surface area contributed by atoms with Gasteiger partial charge in [-0.05, 0) is 64.0 Å². The molecule has 0 saturated carbocycles. The molecule has 0 heterocycles. The Bertz CT molecular complexity index is 1200. The number of hydrogen-bond acceptors (Lipinski definition) is 5. The molecule has 2 aromatic rings. The van der Waals surface area contributed by atoms with Crippen molar-refractivity contribution in [2.75, 3.05) is 5.75 Å². The molecule has 228 valence electrons. The summed E-state index contributed by atoms with van der Waals surface area (Å²) in [6.07, 6.45) is 0.468. The van der Waals surface area contributed by atoms with E-state index >= 15 is 0 Å². The van der Waals surface area contributed by atoms with Crippen molar-refractivity contribution in [1.82, 2.24) is 16.0 Å². The molecule has 0 radical (unpaired) electrons. The number of benzene rings is 2. The maximum atomic E-state index is 13.4. The zero-order valence-corrected chi connectivity index (χ0v) is 26.4. The van der Waals surface area contributed by atoms with Crippen molar-refractivity contribution in [3.63, 3.8) is 0 Å². The van der Waals surface area contributed by atoms with Crippen molar-refractivity contribution in [1.29, 1.82) is 0 Å². The highest BCUT2D eigenvalue weighted by Crippen LogP contribution is 2.24. The van der Waals surface area contributed by atoms with Gasteiger partial charge in [-0.25, -0.2) is 13.2 Å². The molecule has 2 unspecified atom stereocenters. The van der Waals surface area contributed by atoms with Crippen LogP contribution < -0.4 is 16.0 Å². The monoisotopic (exact) mass is 587 g/mol. The van der Waals surface area contributed by atoms with Crippen LogP contribution in [0.25, 0.3) is 0 Å². The molecule has 0 spiro atoms. The van der Waals surface area contributed by atoms with Gasteiger partial charge in [-0.3, -0.25) is 4.79 Å². The van der Waals surface area contributed by atoms with E-state index in [0.717, 1.165) is 12.0 Å². The molecule has 3 amide bonds. The summed E-state index contributed by atoms with van der Waals surface area (Å²) in [7, 11) is -3.63. The Labute approximate surface area is 246 Å².